The Morgan fingerprint density at radius 3 is 3.05 bits per heavy atom. The summed E-state index contributed by atoms with van der Waals surface area (Å²) in [4.78, 5) is 2.28. The Morgan fingerprint density at radius 1 is 1.45 bits per heavy atom. The van der Waals surface area contributed by atoms with Gasteiger partial charge in [0.15, 0.2) is 0 Å². The molecule has 3 nitrogen and oxygen atoms in total. The smallest absolute Gasteiger partial charge is 0.129 e. The number of benzene rings is 1. The molecule has 1 aliphatic heterocycles. The number of anilines is 1. The Morgan fingerprint density at radius 2 is 2.30 bits per heavy atom. The molecule has 1 fully saturated rings. The molecule has 20 heavy (non-hydrogen) atoms. The Labute approximate surface area is 120 Å². The summed E-state index contributed by atoms with van der Waals surface area (Å²) in [5.41, 5.74) is 1.77. The molecule has 1 aliphatic rings. The van der Waals surface area contributed by atoms with Crippen molar-refractivity contribution in [3.05, 3.63) is 29.6 Å². The van der Waals surface area contributed by atoms with E-state index in [-0.39, 0.29) is 12.4 Å². The fourth-order valence-corrected chi connectivity index (χ4v) is 2.97. The Kier molecular flexibility index (Phi) is 5.80. The van der Waals surface area contributed by atoms with Gasteiger partial charge in [0.1, 0.15) is 5.82 Å². The number of aliphatic hydroxyl groups excluding tert-OH is 1. The van der Waals surface area contributed by atoms with Crippen LogP contribution in [0.4, 0.5) is 10.1 Å². The summed E-state index contributed by atoms with van der Waals surface area (Å²) in [5, 5.41) is 12.3. The average Bonchev–Trinajstić information content (AvgIpc) is 2.46. The predicted octanol–water partition coefficient (Wildman–Crippen LogP) is 2.53. The van der Waals surface area contributed by atoms with Crippen LogP contribution in [0.1, 0.15) is 31.7 Å². The number of hydrogen-bond donors (Lipinski definition) is 2. The zero-order valence-corrected chi connectivity index (χ0v) is 12.2. The van der Waals surface area contributed by atoms with E-state index in [1.54, 1.807) is 6.07 Å². The van der Waals surface area contributed by atoms with Crippen LogP contribution in [0.15, 0.2) is 18.2 Å². The van der Waals surface area contributed by atoms with E-state index in [0.29, 0.717) is 12.5 Å². The lowest BCUT2D eigenvalue weighted by Crippen LogP contribution is -2.36. The van der Waals surface area contributed by atoms with Crippen LogP contribution in [0.3, 0.4) is 0 Å². The Bertz CT molecular complexity index is 423. The largest absolute Gasteiger partial charge is 0.396 e. The lowest BCUT2D eigenvalue weighted by atomic mass is 9.94. The lowest BCUT2D eigenvalue weighted by Gasteiger charge is -2.35. The number of halogens is 1. The van der Waals surface area contributed by atoms with Crippen LogP contribution in [0.5, 0.6) is 0 Å². The van der Waals surface area contributed by atoms with Crippen LogP contribution < -0.4 is 10.2 Å². The number of hydrogen-bond acceptors (Lipinski definition) is 3. The van der Waals surface area contributed by atoms with E-state index in [1.165, 1.54) is 6.07 Å². The Hall–Kier alpha value is -1.13. The molecular formula is C16H25FN2O. The summed E-state index contributed by atoms with van der Waals surface area (Å²) < 4.78 is 14.1. The number of nitrogens with zero attached hydrogens (tertiary/aromatic N) is 1. The van der Waals surface area contributed by atoms with Crippen LogP contribution in [0, 0.1) is 11.7 Å². The first kappa shape index (κ1) is 15.3. The monoisotopic (exact) mass is 280 g/mol. The molecule has 112 valence electrons. The number of nitrogens with one attached hydrogen (secondary N) is 1. The summed E-state index contributed by atoms with van der Waals surface area (Å²) in [6.07, 6.45) is 3.12. The van der Waals surface area contributed by atoms with Crippen molar-refractivity contribution in [1.82, 2.24) is 5.32 Å². The highest BCUT2D eigenvalue weighted by Crippen LogP contribution is 2.29. The molecule has 1 aromatic rings. The molecule has 0 bridgehead atoms. The average molecular weight is 280 g/mol. The molecular weight excluding hydrogens is 255 g/mol. The topological polar surface area (TPSA) is 35.5 Å². The van der Waals surface area contributed by atoms with Crippen molar-refractivity contribution in [1.29, 1.82) is 0 Å². The van der Waals surface area contributed by atoms with Crippen LogP contribution in [0.2, 0.25) is 0 Å². The summed E-state index contributed by atoms with van der Waals surface area (Å²) >= 11 is 0. The summed E-state index contributed by atoms with van der Waals surface area (Å²) in [5.74, 6) is 0.386. The van der Waals surface area contributed by atoms with Crippen molar-refractivity contribution >= 4 is 5.69 Å². The minimum atomic E-state index is -0.132. The maximum absolute atomic E-state index is 14.1. The van der Waals surface area contributed by atoms with Gasteiger partial charge in [0.25, 0.3) is 0 Å². The summed E-state index contributed by atoms with van der Waals surface area (Å²) in [6.45, 7) is 5.57. The number of aliphatic hydroxyl groups is 1. The predicted molar refractivity (Wildman–Crippen MR) is 80.4 cm³/mol. The van der Waals surface area contributed by atoms with E-state index in [1.807, 2.05) is 13.0 Å². The molecule has 1 aromatic carbocycles. The molecule has 0 radical (unpaired) electrons. The minimum Gasteiger partial charge on any atom is -0.396 e. The highest BCUT2D eigenvalue weighted by atomic mass is 19.1. The third kappa shape index (κ3) is 3.70. The lowest BCUT2D eigenvalue weighted by molar-refractivity contribution is 0.244. The molecule has 1 saturated heterocycles. The molecule has 0 aromatic heterocycles. The van der Waals surface area contributed by atoms with Gasteiger partial charge < -0.3 is 15.3 Å². The maximum Gasteiger partial charge on any atom is 0.129 e. The standard InChI is InChI=1S/C16H25FN2O/c1-2-18-11-14-15(17)6-3-7-16(14)19-9-4-5-13(12-19)8-10-20/h3,6-7,13,18,20H,2,4-5,8-12H2,1H3. The first-order valence-electron chi connectivity index (χ1n) is 7.60. The van der Waals surface area contributed by atoms with Crippen LogP contribution >= 0.6 is 0 Å². The van der Waals surface area contributed by atoms with Gasteiger partial charge in [-0.15, -0.1) is 0 Å². The van der Waals surface area contributed by atoms with E-state index < -0.39 is 0 Å². The fourth-order valence-electron chi connectivity index (χ4n) is 2.97. The van der Waals surface area contributed by atoms with Gasteiger partial charge in [-0.05, 0) is 43.9 Å². The molecule has 1 atom stereocenters. The van der Waals surface area contributed by atoms with E-state index in [4.69, 9.17) is 5.11 Å². The van der Waals surface area contributed by atoms with Gasteiger partial charge in [0, 0.05) is 37.5 Å². The zero-order chi connectivity index (χ0) is 14.4. The van der Waals surface area contributed by atoms with E-state index in [9.17, 15) is 4.39 Å². The van der Waals surface area contributed by atoms with E-state index in [0.717, 1.165) is 50.1 Å². The molecule has 2 rings (SSSR count). The van der Waals surface area contributed by atoms with Gasteiger partial charge in [0.2, 0.25) is 0 Å². The van der Waals surface area contributed by atoms with Gasteiger partial charge in [-0.2, -0.15) is 0 Å². The van der Waals surface area contributed by atoms with Gasteiger partial charge in [-0.3, -0.25) is 0 Å². The minimum absolute atomic E-state index is 0.132. The van der Waals surface area contributed by atoms with Crippen molar-refractivity contribution in [2.24, 2.45) is 5.92 Å². The quantitative estimate of drug-likeness (QED) is 0.840. The Balaban J connectivity index is 2.16. The van der Waals surface area contributed by atoms with Crippen LogP contribution in [-0.2, 0) is 6.54 Å². The molecule has 0 saturated carbocycles. The first-order chi connectivity index (χ1) is 9.76. The van der Waals surface area contributed by atoms with E-state index in [2.05, 4.69) is 10.2 Å². The highest BCUT2D eigenvalue weighted by Gasteiger charge is 2.22. The third-order valence-corrected chi connectivity index (χ3v) is 4.04. The fraction of sp³-hybridized carbons (Fsp3) is 0.625. The van der Waals surface area contributed by atoms with Crippen molar-refractivity contribution in [2.45, 2.75) is 32.7 Å². The van der Waals surface area contributed by atoms with Gasteiger partial charge in [-0.1, -0.05) is 13.0 Å². The maximum atomic E-state index is 14.1. The van der Waals surface area contributed by atoms with E-state index >= 15 is 0 Å². The highest BCUT2D eigenvalue weighted by molar-refractivity contribution is 5.54. The van der Waals surface area contributed by atoms with Crippen molar-refractivity contribution in [3.8, 4) is 0 Å². The SMILES string of the molecule is CCNCc1c(F)cccc1N1CCCC(CCO)C1. The second-order valence-electron chi connectivity index (χ2n) is 5.48. The van der Waals surface area contributed by atoms with Crippen molar-refractivity contribution in [3.63, 3.8) is 0 Å². The van der Waals surface area contributed by atoms with Crippen LogP contribution in [-0.4, -0.2) is 31.3 Å². The van der Waals surface area contributed by atoms with Crippen molar-refractivity contribution < 1.29 is 9.50 Å². The summed E-state index contributed by atoms with van der Waals surface area (Å²) in [7, 11) is 0. The van der Waals surface area contributed by atoms with Gasteiger partial charge >= 0.3 is 0 Å². The molecule has 4 heteroatoms. The van der Waals surface area contributed by atoms with Crippen molar-refractivity contribution in [2.75, 3.05) is 31.1 Å². The number of rotatable bonds is 6. The number of piperidine rings is 1. The zero-order valence-electron chi connectivity index (χ0n) is 12.2. The van der Waals surface area contributed by atoms with Gasteiger partial charge in [0.05, 0.1) is 0 Å². The molecule has 0 amide bonds. The first-order valence-corrected chi connectivity index (χ1v) is 7.60. The molecule has 1 unspecified atom stereocenters. The third-order valence-electron chi connectivity index (χ3n) is 4.04. The molecule has 0 aliphatic carbocycles. The van der Waals surface area contributed by atoms with Gasteiger partial charge in [-0.25, -0.2) is 4.39 Å². The molecule has 0 spiro atoms. The second kappa shape index (κ2) is 7.60. The normalized spacial score (nSPS) is 19.4. The van der Waals surface area contributed by atoms with Crippen LogP contribution in [0.25, 0.3) is 0 Å². The summed E-state index contributed by atoms with van der Waals surface area (Å²) in [6, 6.07) is 5.33. The molecule has 1 heterocycles. The second-order valence-corrected chi connectivity index (χ2v) is 5.48. The molecule has 2 N–H and O–H groups in total.